The van der Waals surface area contributed by atoms with Gasteiger partial charge < -0.3 is 4.74 Å². The topological polar surface area (TPSA) is 39.2 Å². The van der Waals surface area contributed by atoms with Crippen LogP contribution in [-0.2, 0) is 11.3 Å². The molecule has 0 atom stereocenters. The highest BCUT2D eigenvalue weighted by Gasteiger charge is 2.12. The molecule has 0 fully saturated rings. The summed E-state index contributed by atoms with van der Waals surface area (Å²) in [5, 5.41) is 0.255. The predicted octanol–water partition coefficient (Wildman–Crippen LogP) is 3.85. The standard InChI is InChI=1S/C13H9BrClNO2/c14-11-7-16-12(15)6-10(11)13(17)18-8-9-4-2-1-3-5-9/h1-7H,8H2. The molecule has 18 heavy (non-hydrogen) atoms. The number of hydrogen-bond acceptors (Lipinski definition) is 3. The fourth-order valence-electron chi connectivity index (χ4n) is 1.37. The highest BCUT2D eigenvalue weighted by atomic mass is 79.9. The summed E-state index contributed by atoms with van der Waals surface area (Å²) in [4.78, 5) is 15.7. The zero-order valence-corrected chi connectivity index (χ0v) is 11.6. The molecule has 92 valence electrons. The number of ether oxygens (including phenoxy) is 1. The fourth-order valence-corrected chi connectivity index (χ4v) is 1.91. The molecule has 1 aromatic heterocycles. The molecule has 1 aromatic carbocycles. The molecular weight excluding hydrogens is 318 g/mol. The SMILES string of the molecule is O=C(OCc1ccccc1)c1cc(Cl)ncc1Br. The first kappa shape index (κ1) is 13.1. The second-order valence-electron chi connectivity index (χ2n) is 3.55. The van der Waals surface area contributed by atoms with E-state index in [0.717, 1.165) is 5.56 Å². The zero-order valence-electron chi connectivity index (χ0n) is 9.27. The van der Waals surface area contributed by atoms with Gasteiger partial charge in [0.05, 0.1) is 10.0 Å². The van der Waals surface area contributed by atoms with Crippen LogP contribution in [0.4, 0.5) is 0 Å². The lowest BCUT2D eigenvalue weighted by atomic mass is 10.2. The fraction of sp³-hybridized carbons (Fsp3) is 0.0769. The lowest BCUT2D eigenvalue weighted by molar-refractivity contribution is 0.0471. The molecule has 0 spiro atoms. The molecule has 1 heterocycles. The number of pyridine rings is 1. The van der Waals surface area contributed by atoms with Crippen molar-refractivity contribution in [1.29, 1.82) is 0 Å². The van der Waals surface area contributed by atoms with E-state index in [9.17, 15) is 4.79 Å². The molecule has 0 aliphatic rings. The summed E-state index contributed by atoms with van der Waals surface area (Å²) in [5.41, 5.74) is 1.30. The van der Waals surface area contributed by atoms with Gasteiger partial charge in [-0.1, -0.05) is 41.9 Å². The largest absolute Gasteiger partial charge is 0.457 e. The first-order valence-electron chi connectivity index (χ1n) is 5.19. The van der Waals surface area contributed by atoms with Crippen molar-refractivity contribution < 1.29 is 9.53 Å². The molecule has 0 unspecified atom stereocenters. The van der Waals surface area contributed by atoms with Gasteiger partial charge in [0.15, 0.2) is 0 Å². The van der Waals surface area contributed by atoms with E-state index in [4.69, 9.17) is 16.3 Å². The van der Waals surface area contributed by atoms with Crippen molar-refractivity contribution in [2.45, 2.75) is 6.61 Å². The number of nitrogens with zero attached hydrogens (tertiary/aromatic N) is 1. The second-order valence-corrected chi connectivity index (χ2v) is 4.79. The van der Waals surface area contributed by atoms with Gasteiger partial charge in [-0.25, -0.2) is 9.78 Å². The number of esters is 1. The van der Waals surface area contributed by atoms with Crippen LogP contribution in [-0.4, -0.2) is 11.0 Å². The summed E-state index contributed by atoms with van der Waals surface area (Å²) in [6, 6.07) is 10.9. The van der Waals surface area contributed by atoms with Gasteiger partial charge in [0.2, 0.25) is 0 Å². The van der Waals surface area contributed by atoms with Gasteiger partial charge in [0.25, 0.3) is 0 Å². The smallest absolute Gasteiger partial charge is 0.339 e. The summed E-state index contributed by atoms with van der Waals surface area (Å²) in [6.07, 6.45) is 1.47. The van der Waals surface area contributed by atoms with E-state index < -0.39 is 5.97 Å². The third-order valence-electron chi connectivity index (χ3n) is 2.25. The van der Waals surface area contributed by atoms with Gasteiger partial charge in [-0.3, -0.25) is 0 Å². The lowest BCUT2D eigenvalue weighted by Crippen LogP contribution is -2.06. The van der Waals surface area contributed by atoms with E-state index in [2.05, 4.69) is 20.9 Å². The van der Waals surface area contributed by atoms with Crippen LogP contribution in [0.5, 0.6) is 0 Å². The third kappa shape index (κ3) is 3.31. The van der Waals surface area contributed by atoms with E-state index in [1.807, 2.05) is 30.3 Å². The predicted molar refractivity (Wildman–Crippen MR) is 72.5 cm³/mol. The number of halogens is 2. The number of rotatable bonds is 3. The summed E-state index contributed by atoms with van der Waals surface area (Å²) in [6.45, 7) is 0.228. The van der Waals surface area contributed by atoms with Gasteiger partial charge in [-0.2, -0.15) is 0 Å². The van der Waals surface area contributed by atoms with Gasteiger partial charge >= 0.3 is 5.97 Å². The monoisotopic (exact) mass is 325 g/mol. The molecule has 0 aliphatic carbocycles. The molecule has 0 bridgehead atoms. The summed E-state index contributed by atoms with van der Waals surface area (Å²) >= 11 is 8.97. The Bertz CT molecular complexity index is 560. The van der Waals surface area contributed by atoms with Crippen LogP contribution in [0.3, 0.4) is 0 Å². The Morgan fingerprint density at radius 3 is 2.78 bits per heavy atom. The average molecular weight is 327 g/mol. The number of carbonyl (C=O) groups excluding carboxylic acids is 1. The Balaban J connectivity index is 2.06. The van der Waals surface area contributed by atoms with Crippen molar-refractivity contribution in [1.82, 2.24) is 4.98 Å². The highest BCUT2D eigenvalue weighted by Crippen LogP contribution is 2.20. The van der Waals surface area contributed by atoms with E-state index in [1.165, 1.54) is 12.3 Å². The van der Waals surface area contributed by atoms with Crippen LogP contribution in [0, 0.1) is 0 Å². The number of benzene rings is 1. The molecule has 2 rings (SSSR count). The first-order chi connectivity index (χ1) is 8.66. The van der Waals surface area contributed by atoms with Crippen molar-refractivity contribution in [2.75, 3.05) is 0 Å². The minimum Gasteiger partial charge on any atom is -0.457 e. The van der Waals surface area contributed by atoms with Crippen LogP contribution >= 0.6 is 27.5 Å². The molecule has 3 nitrogen and oxygen atoms in total. The van der Waals surface area contributed by atoms with Crippen molar-refractivity contribution in [3.05, 3.63) is 63.3 Å². The Morgan fingerprint density at radius 1 is 1.33 bits per heavy atom. The van der Waals surface area contributed by atoms with Crippen molar-refractivity contribution in [3.8, 4) is 0 Å². The molecule has 0 amide bonds. The maximum Gasteiger partial charge on any atom is 0.339 e. The molecule has 2 aromatic rings. The van der Waals surface area contributed by atoms with Crippen molar-refractivity contribution in [2.24, 2.45) is 0 Å². The first-order valence-corrected chi connectivity index (χ1v) is 6.36. The van der Waals surface area contributed by atoms with Gasteiger partial charge in [0, 0.05) is 6.20 Å². The maximum absolute atomic E-state index is 11.9. The Labute approximate surface area is 118 Å². The van der Waals surface area contributed by atoms with Crippen LogP contribution in [0.1, 0.15) is 15.9 Å². The molecule has 0 saturated heterocycles. The maximum atomic E-state index is 11.9. The van der Waals surface area contributed by atoms with Crippen molar-refractivity contribution in [3.63, 3.8) is 0 Å². The van der Waals surface area contributed by atoms with Crippen LogP contribution in [0.15, 0.2) is 47.1 Å². The van der Waals surface area contributed by atoms with Gasteiger partial charge in [-0.05, 0) is 27.6 Å². The number of carbonyl (C=O) groups is 1. The molecule has 0 radical (unpaired) electrons. The third-order valence-corrected chi connectivity index (χ3v) is 3.09. The van der Waals surface area contributed by atoms with Gasteiger partial charge in [-0.15, -0.1) is 0 Å². The van der Waals surface area contributed by atoms with E-state index in [0.29, 0.717) is 10.0 Å². The minimum absolute atomic E-state index is 0.228. The Hall–Kier alpha value is -1.39. The quantitative estimate of drug-likeness (QED) is 0.635. The number of aromatic nitrogens is 1. The van der Waals surface area contributed by atoms with Crippen molar-refractivity contribution >= 4 is 33.5 Å². The lowest BCUT2D eigenvalue weighted by Gasteiger charge is -2.06. The zero-order chi connectivity index (χ0) is 13.0. The molecule has 0 N–H and O–H groups in total. The van der Waals surface area contributed by atoms with E-state index in [1.54, 1.807) is 0 Å². The average Bonchev–Trinajstić information content (AvgIpc) is 2.40. The highest BCUT2D eigenvalue weighted by molar-refractivity contribution is 9.10. The number of hydrogen-bond donors (Lipinski definition) is 0. The second kappa shape index (κ2) is 5.98. The van der Waals surface area contributed by atoms with Crippen LogP contribution < -0.4 is 0 Å². The van der Waals surface area contributed by atoms with Gasteiger partial charge in [0.1, 0.15) is 11.8 Å². The molecule has 5 heteroatoms. The minimum atomic E-state index is -0.435. The van der Waals surface area contributed by atoms with Crippen LogP contribution in [0.2, 0.25) is 5.15 Å². The van der Waals surface area contributed by atoms with Crippen LogP contribution in [0.25, 0.3) is 0 Å². The van der Waals surface area contributed by atoms with E-state index in [-0.39, 0.29) is 11.8 Å². The Morgan fingerprint density at radius 2 is 2.06 bits per heavy atom. The Kier molecular flexibility index (Phi) is 4.33. The molecule has 0 saturated carbocycles. The molecular formula is C13H9BrClNO2. The van der Waals surface area contributed by atoms with E-state index >= 15 is 0 Å². The summed E-state index contributed by atoms with van der Waals surface area (Å²) in [5.74, 6) is -0.435. The summed E-state index contributed by atoms with van der Waals surface area (Å²) < 4.78 is 5.75. The normalized spacial score (nSPS) is 10.1. The summed E-state index contributed by atoms with van der Waals surface area (Å²) in [7, 11) is 0. The molecule has 0 aliphatic heterocycles.